The predicted molar refractivity (Wildman–Crippen MR) is 93.7 cm³/mol. The first-order valence-corrected chi connectivity index (χ1v) is 8.46. The predicted octanol–water partition coefficient (Wildman–Crippen LogP) is 5.57. The van der Waals surface area contributed by atoms with Gasteiger partial charge in [-0.3, -0.25) is 0 Å². The molecule has 128 valence electrons. The highest BCUT2D eigenvalue weighted by Crippen LogP contribution is 2.31. The molecule has 0 bridgehead atoms. The van der Waals surface area contributed by atoms with E-state index >= 15 is 0 Å². The molecule has 1 atom stereocenters. The molecule has 0 aromatic heterocycles. The maximum atomic E-state index is 14.7. The van der Waals surface area contributed by atoms with Gasteiger partial charge in [0.15, 0.2) is 11.6 Å². The summed E-state index contributed by atoms with van der Waals surface area (Å²) in [5.74, 6) is 3.87. The van der Waals surface area contributed by atoms with Crippen LogP contribution in [0.15, 0.2) is 43.0 Å². The van der Waals surface area contributed by atoms with E-state index < -0.39 is 11.6 Å². The minimum Gasteiger partial charge on any atom is -0.205 e. The lowest BCUT2D eigenvalue weighted by Crippen LogP contribution is -2.16. The zero-order chi connectivity index (χ0) is 17.8. The largest absolute Gasteiger partial charge is 0.205 e. The molecule has 0 aliphatic heterocycles. The highest BCUT2D eigenvalue weighted by Gasteiger charge is 2.21. The van der Waals surface area contributed by atoms with Crippen molar-refractivity contribution in [3.8, 4) is 11.8 Å². The zero-order valence-corrected chi connectivity index (χ0v) is 13.9. The molecule has 0 N–H and O–H groups in total. The number of hydrogen-bond donors (Lipinski definition) is 0. The van der Waals surface area contributed by atoms with Crippen molar-refractivity contribution in [3.05, 3.63) is 82.7 Å². The Labute approximate surface area is 146 Å². The van der Waals surface area contributed by atoms with E-state index in [1.165, 1.54) is 6.07 Å². The normalized spacial score (nSPS) is 15.9. The molecule has 1 unspecified atom stereocenters. The fourth-order valence-corrected chi connectivity index (χ4v) is 3.29. The van der Waals surface area contributed by atoms with Crippen molar-refractivity contribution in [1.29, 1.82) is 0 Å². The van der Waals surface area contributed by atoms with Crippen LogP contribution in [0, 0.1) is 35.2 Å². The molecular weight excluding hydrogens is 321 g/mol. The molecule has 2 aromatic carbocycles. The summed E-state index contributed by atoms with van der Waals surface area (Å²) in [6, 6.07) is 7.03. The van der Waals surface area contributed by atoms with Gasteiger partial charge in [-0.2, -0.15) is 0 Å². The van der Waals surface area contributed by atoms with E-state index in [9.17, 15) is 13.2 Å². The second kappa shape index (κ2) is 7.61. The molecule has 0 radical (unpaired) electrons. The number of rotatable bonds is 3. The van der Waals surface area contributed by atoms with E-state index in [2.05, 4.69) is 18.4 Å². The van der Waals surface area contributed by atoms with Gasteiger partial charge in [0, 0.05) is 5.56 Å². The molecule has 0 spiro atoms. The second-order valence-corrected chi connectivity index (χ2v) is 6.42. The first-order chi connectivity index (χ1) is 12.1. The van der Waals surface area contributed by atoms with Crippen LogP contribution in [0.4, 0.5) is 13.2 Å². The van der Waals surface area contributed by atoms with Gasteiger partial charge in [0.25, 0.3) is 0 Å². The fourth-order valence-electron chi connectivity index (χ4n) is 3.29. The van der Waals surface area contributed by atoms with Crippen molar-refractivity contribution in [1.82, 2.24) is 0 Å². The van der Waals surface area contributed by atoms with Crippen molar-refractivity contribution in [2.75, 3.05) is 0 Å². The van der Waals surface area contributed by atoms with Crippen LogP contribution in [0.25, 0.3) is 0 Å². The number of halogens is 3. The van der Waals surface area contributed by atoms with Gasteiger partial charge in [0.05, 0.1) is 5.56 Å². The summed E-state index contributed by atoms with van der Waals surface area (Å²) in [6.45, 7) is 3.75. The molecule has 2 aromatic rings. The second-order valence-electron chi connectivity index (χ2n) is 6.42. The summed E-state index contributed by atoms with van der Waals surface area (Å²) in [7, 11) is 0. The van der Waals surface area contributed by atoms with Gasteiger partial charge < -0.3 is 0 Å². The van der Waals surface area contributed by atoms with Gasteiger partial charge in [-0.15, -0.1) is 6.58 Å². The zero-order valence-electron chi connectivity index (χ0n) is 13.9. The summed E-state index contributed by atoms with van der Waals surface area (Å²) in [4.78, 5) is 0. The maximum absolute atomic E-state index is 14.7. The van der Waals surface area contributed by atoms with Crippen LogP contribution in [0.1, 0.15) is 41.5 Å². The average Bonchev–Trinajstić information content (AvgIpc) is 2.62. The van der Waals surface area contributed by atoms with Crippen molar-refractivity contribution < 1.29 is 13.2 Å². The molecule has 0 saturated heterocycles. The molecular formula is C22H19F3. The Morgan fingerprint density at radius 3 is 2.68 bits per heavy atom. The number of allylic oxidation sites excluding steroid dienone is 1. The van der Waals surface area contributed by atoms with Gasteiger partial charge in [-0.1, -0.05) is 24.0 Å². The van der Waals surface area contributed by atoms with Crippen LogP contribution in [0.3, 0.4) is 0 Å². The number of benzene rings is 2. The fraction of sp³-hybridized carbons (Fsp3) is 0.273. The summed E-state index contributed by atoms with van der Waals surface area (Å²) in [5, 5.41) is 0. The maximum Gasteiger partial charge on any atom is 0.160 e. The summed E-state index contributed by atoms with van der Waals surface area (Å²) >= 11 is 0. The van der Waals surface area contributed by atoms with Crippen LogP contribution in [0.2, 0.25) is 0 Å². The smallest absolute Gasteiger partial charge is 0.160 e. The third kappa shape index (κ3) is 3.96. The average molecular weight is 340 g/mol. The highest BCUT2D eigenvalue weighted by atomic mass is 19.2. The van der Waals surface area contributed by atoms with Crippen LogP contribution >= 0.6 is 0 Å². The van der Waals surface area contributed by atoms with E-state index in [0.717, 1.165) is 48.9 Å². The molecule has 0 heterocycles. The summed E-state index contributed by atoms with van der Waals surface area (Å²) in [6.07, 6.45) is 6.56. The Bertz CT molecular complexity index is 856. The molecule has 3 heteroatoms. The van der Waals surface area contributed by atoms with Gasteiger partial charge in [0.2, 0.25) is 0 Å². The molecule has 0 amide bonds. The SMILES string of the molecule is C=CCCC1CCc2c(ccc(C#Cc3ccc(F)c(F)c3)c2F)C1. The highest BCUT2D eigenvalue weighted by molar-refractivity contribution is 5.47. The summed E-state index contributed by atoms with van der Waals surface area (Å²) < 4.78 is 40.9. The Morgan fingerprint density at radius 1 is 1.08 bits per heavy atom. The van der Waals surface area contributed by atoms with E-state index in [0.29, 0.717) is 23.5 Å². The Hall–Kier alpha value is -2.47. The lowest BCUT2D eigenvalue weighted by atomic mass is 9.81. The minimum atomic E-state index is -0.955. The van der Waals surface area contributed by atoms with Crippen molar-refractivity contribution in [2.24, 2.45) is 5.92 Å². The van der Waals surface area contributed by atoms with Crippen LogP contribution < -0.4 is 0 Å². The van der Waals surface area contributed by atoms with Crippen molar-refractivity contribution in [3.63, 3.8) is 0 Å². The van der Waals surface area contributed by atoms with E-state index in [1.54, 1.807) is 6.07 Å². The molecule has 0 nitrogen and oxygen atoms in total. The Morgan fingerprint density at radius 2 is 1.92 bits per heavy atom. The third-order valence-corrected chi connectivity index (χ3v) is 4.69. The standard InChI is InChI=1S/C22H19F3/c1-2-3-4-15-6-11-19-18(13-15)10-9-17(22(19)25)8-5-16-7-12-20(23)21(24)14-16/h2,7,9-10,12,14-15H,1,3-4,6,11,13H2. The van der Waals surface area contributed by atoms with Crippen molar-refractivity contribution in [2.45, 2.75) is 32.1 Å². The lowest BCUT2D eigenvalue weighted by Gasteiger charge is -2.25. The minimum absolute atomic E-state index is 0.283. The van der Waals surface area contributed by atoms with Crippen LogP contribution in [-0.2, 0) is 12.8 Å². The summed E-state index contributed by atoms with van der Waals surface area (Å²) in [5.41, 5.74) is 2.41. The molecule has 25 heavy (non-hydrogen) atoms. The van der Waals surface area contributed by atoms with Crippen molar-refractivity contribution >= 4 is 0 Å². The van der Waals surface area contributed by atoms with E-state index in [-0.39, 0.29) is 5.82 Å². The van der Waals surface area contributed by atoms with Gasteiger partial charge in [-0.05, 0) is 73.4 Å². The first kappa shape index (κ1) is 17.4. The quantitative estimate of drug-likeness (QED) is 0.506. The van der Waals surface area contributed by atoms with Crippen LogP contribution in [-0.4, -0.2) is 0 Å². The van der Waals surface area contributed by atoms with Gasteiger partial charge in [-0.25, -0.2) is 13.2 Å². The molecule has 0 saturated carbocycles. The monoisotopic (exact) mass is 340 g/mol. The van der Waals surface area contributed by atoms with Gasteiger partial charge >= 0.3 is 0 Å². The Balaban J connectivity index is 1.82. The number of fused-ring (bicyclic) bond motifs is 1. The first-order valence-electron chi connectivity index (χ1n) is 8.46. The molecule has 0 fully saturated rings. The number of hydrogen-bond acceptors (Lipinski definition) is 0. The Kier molecular flexibility index (Phi) is 5.28. The molecule has 3 rings (SSSR count). The molecule has 1 aliphatic rings. The van der Waals surface area contributed by atoms with Gasteiger partial charge in [0.1, 0.15) is 5.82 Å². The topological polar surface area (TPSA) is 0 Å². The van der Waals surface area contributed by atoms with E-state index in [1.807, 2.05) is 12.1 Å². The lowest BCUT2D eigenvalue weighted by molar-refractivity contribution is 0.421. The van der Waals surface area contributed by atoms with Crippen LogP contribution in [0.5, 0.6) is 0 Å². The molecule has 1 aliphatic carbocycles. The third-order valence-electron chi connectivity index (χ3n) is 4.69. The van der Waals surface area contributed by atoms with E-state index in [4.69, 9.17) is 0 Å².